The maximum absolute atomic E-state index is 12.8. The van der Waals surface area contributed by atoms with E-state index in [1.165, 1.54) is 18.2 Å². The SMILES string of the molecule is O=S(=O)(Nc1cccc(C2=NCCc3ccc(Cl)cc32)c1)c1ccccc1OC(F)(F)F. The second-order valence-electron chi connectivity index (χ2n) is 6.96. The summed E-state index contributed by atoms with van der Waals surface area (Å²) in [5.74, 6) is -0.816. The normalized spacial score (nSPS) is 13.8. The third-order valence-electron chi connectivity index (χ3n) is 4.73. The first-order valence-corrected chi connectivity index (χ1v) is 11.3. The average molecular weight is 481 g/mol. The molecule has 0 saturated carbocycles. The maximum Gasteiger partial charge on any atom is 0.573 e. The van der Waals surface area contributed by atoms with Crippen molar-refractivity contribution in [1.82, 2.24) is 0 Å². The predicted octanol–water partition coefficient (Wildman–Crippen LogP) is 5.43. The van der Waals surface area contributed by atoms with E-state index in [2.05, 4.69) is 14.5 Å². The van der Waals surface area contributed by atoms with Crippen molar-refractivity contribution in [3.63, 3.8) is 0 Å². The zero-order chi connectivity index (χ0) is 22.9. The van der Waals surface area contributed by atoms with Crippen LogP contribution in [0.4, 0.5) is 18.9 Å². The van der Waals surface area contributed by atoms with Gasteiger partial charge in [0.2, 0.25) is 0 Å². The fraction of sp³-hybridized carbons (Fsp3) is 0.136. The number of nitrogens with one attached hydrogen (secondary N) is 1. The number of para-hydroxylation sites is 1. The zero-order valence-corrected chi connectivity index (χ0v) is 17.9. The van der Waals surface area contributed by atoms with Crippen LogP contribution in [0.5, 0.6) is 5.75 Å². The molecule has 1 heterocycles. The molecule has 1 N–H and O–H groups in total. The lowest BCUT2D eigenvalue weighted by atomic mass is 9.93. The molecular weight excluding hydrogens is 465 g/mol. The van der Waals surface area contributed by atoms with Crippen LogP contribution in [-0.4, -0.2) is 27.0 Å². The van der Waals surface area contributed by atoms with Crippen molar-refractivity contribution < 1.29 is 26.3 Å². The van der Waals surface area contributed by atoms with Gasteiger partial charge in [-0.15, -0.1) is 13.2 Å². The molecule has 0 atom stereocenters. The second-order valence-corrected chi connectivity index (χ2v) is 9.05. The summed E-state index contributed by atoms with van der Waals surface area (Å²) in [5.41, 5.74) is 3.40. The quantitative estimate of drug-likeness (QED) is 0.529. The lowest BCUT2D eigenvalue weighted by Crippen LogP contribution is -2.21. The molecule has 0 spiro atoms. The number of aliphatic imine (C=N–C) groups is 1. The Morgan fingerprint density at radius 3 is 2.56 bits per heavy atom. The van der Waals surface area contributed by atoms with Gasteiger partial charge in [0.15, 0.2) is 0 Å². The van der Waals surface area contributed by atoms with Crippen molar-refractivity contribution in [2.75, 3.05) is 11.3 Å². The second kappa shape index (κ2) is 8.48. The summed E-state index contributed by atoms with van der Waals surface area (Å²) >= 11 is 6.14. The minimum Gasteiger partial charge on any atom is -0.404 e. The van der Waals surface area contributed by atoms with Gasteiger partial charge < -0.3 is 4.74 Å². The Kier molecular flexibility index (Phi) is 5.87. The number of hydrogen-bond donors (Lipinski definition) is 1. The molecule has 1 aliphatic rings. The highest BCUT2D eigenvalue weighted by Crippen LogP contribution is 2.31. The lowest BCUT2D eigenvalue weighted by Gasteiger charge is -2.18. The number of anilines is 1. The van der Waals surface area contributed by atoms with Gasteiger partial charge in [0.05, 0.1) is 5.71 Å². The minimum absolute atomic E-state index is 0.168. The maximum atomic E-state index is 12.8. The Bertz CT molecular complexity index is 1310. The molecule has 3 aromatic rings. The molecule has 0 amide bonds. The van der Waals surface area contributed by atoms with E-state index in [9.17, 15) is 21.6 Å². The number of sulfonamides is 1. The van der Waals surface area contributed by atoms with Crippen LogP contribution in [0.25, 0.3) is 0 Å². The lowest BCUT2D eigenvalue weighted by molar-refractivity contribution is -0.275. The molecule has 0 radical (unpaired) electrons. The van der Waals surface area contributed by atoms with Gasteiger partial charge in [-0.3, -0.25) is 9.71 Å². The molecule has 0 fully saturated rings. The first kappa shape index (κ1) is 22.2. The summed E-state index contributed by atoms with van der Waals surface area (Å²) in [4.78, 5) is 3.94. The van der Waals surface area contributed by atoms with Crippen molar-refractivity contribution in [2.45, 2.75) is 17.7 Å². The number of nitrogens with zero attached hydrogens (tertiary/aromatic N) is 1. The van der Waals surface area contributed by atoms with Crippen LogP contribution in [0.3, 0.4) is 0 Å². The summed E-state index contributed by atoms with van der Waals surface area (Å²) in [7, 11) is -4.37. The first-order chi connectivity index (χ1) is 15.1. The van der Waals surface area contributed by atoms with Crippen LogP contribution in [0.15, 0.2) is 76.6 Å². The molecule has 10 heteroatoms. The van der Waals surface area contributed by atoms with E-state index >= 15 is 0 Å². The largest absolute Gasteiger partial charge is 0.573 e. The van der Waals surface area contributed by atoms with Gasteiger partial charge in [-0.1, -0.05) is 41.9 Å². The number of benzene rings is 3. The molecule has 3 aromatic carbocycles. The Balaban J connectivity index is 1.67. The van der Waals surface area contributed by atoms with Crippen molar-refractivity contribution in [3.05, 3.63) is 88.4 Å². The molecule has 32 heavy (non-hydrogen) atoms. The van der Waals surface area contributed by atoms with Gasteiger partial charge >= 0.3 is 6.36 Å². The Hall–Kier alpha value is -3.04. The summed E-state index contributed by atoms with van der Waals surface area (Å²) in [6, 6.07) is 16.5. The Labute approximate surface area is 187 Å². The molecule has 0 aliphatic carbocycles. The minimum atomic E-state index is -5.03. The molecular formula is C22H16ClF3N2O3S. The molecule has 4 rings (SSSR count). The van der Waals surface area contributed by atoms with Crippen LogP contribution in [0.1, 0.15) is 16.7 Å². The van der Waals surface area contributed by atoms with Crippen molar-refractivity contribution in [2.24, 2.45) is 4.99 Å². The third kappa shape index (κ3) is 4.89. The molecule has 0 bridgehead atoms. The number of halogens is 4. The molecule has 166 valence electrons. The first-order valence-electron chi connectivity index (χ1n) is 9.44. The number of alkyl halides is 3. The Morgan fingerprint density at radius 2 is 1.78 bits per heavy atom. The molecule has 0 unspecified atom stereocenters. The van der Waals surface area contributed by atoms with Crippen LogP contribution in [0.2, 0.25) is 5.02 Å². The summed E-state index contributed by atoms with van der Waals surface area (Å²) in [6.07, 6.45) is -4.27. The smallest absolute Gasteiger partial charge is 0.404 e. The van der Waals surface area contributed by atoms with E-state index in [0.717, 1.165) is 29.7 Å². The van der Waals surface area contributed by atoms with Gasteiger partial charge in [-0.25, -0.2) is 8.42 Å². The van der Waals surface area contributed by atoms with E-state index in [1.807, 2.05) is 6.07 Å². The summed E-state index contributed by atoms with van der Waals surface area (Å²) < 4.78 is 69.9. The zero-order valence-electron chi connectivity index (χ0n) is 16.4. The predicted molar refractivity (Wildman–Crippen MR) is 116 cm³/mol. The van der Waals surface area contributed by atoms with Crippen molar-refractivity contribution in [3.8, 4) is 5.75 Å². The van der Waals surface area contributed by atoms with Gasteiger partial charge in [0.25, 0.3) is 10.0 Å². The van der Waals surface area contributed by atoms with E-state index < -0.39 is 27.0 Å². The number of ether oxygens (including phenoxy) is 1. The molecule has 0 saturated heterocycles. The fourth-order valence-corrected chi connectivity index (χ4v) is 4.78. The molecule has 0 aromatic heterocycles. The van der Waals surface area contributed by atoms with E-state index in [-0.39, 0.29) is 5.69 Å². The van der Waals surface area contributed by atoms with Crippen LogP contribution < -0.4 is 9.46 Å². The van der Waals surface area contributed by atoms with Gasteiger partial charge in [-0.2, -0.15) is 0 Å². The standard InChI is InChI=1S/C22H16ClF3N2O3S/c23-16-9-8-14-10-11-27-21(18(14)13-16)15-4-3-5-17(12-15)28-32(29,30)20-7-2-1-6-19(20)31-22(24,25)26/h1-9,12-13,28H,10-11H2. The van der Waals surface area contributed by atoms with Crippen LogP contribution in [0, 0.1) is 0 Å². The molecule has 5 nitrogen and oxygen atoms in total. The van der Waals surface area contributed by atoms with Crippen molar-refractivity contribution in [1.29, 1.82) is 0 Å². The van der Waals surface area contributed by atoms with Crippen LogP contribution in [-0.2, 0) is 16.4 Å². The van der Waals surface area contributed by atoms with E-state index in [1.54, 1.807) is 30.3 Å². The molecule has 1 aliphatic heterocycles. The van der Waals surface area contributed by atoms with Gasteiger partial charge in [0.1, 0.15) is 10.6 Å². The monoisotopic (exact) mass is 480 g/mol. The highest BCUT2D eigenvalue weighted by Gasteiger charge is 2.34. The highest BCUT2D eigenvalue weighted by molar-refractivity contribution is 7.92. The van der Waals surface area contributed by atoms with Crippen LogP contribution >= 0.6 is 11.6 Å². The average Bonchev–Trinajstić information content (AvgIpc) is 2.72. The Morgan fingerprint density at radius 1 is 1.00 bits per heavy atom. The number of fused-ring (bicyclic) bond motifs is 1. The van der Waals surface area contributed by atoms with E-state index in [4.69, 9.17) is 11.6 Å². The van der Waals surface area contributed by atoms with E-state index in [0.29, 0.717) is 22.8 Å². The topological polar surface area (TPSA) is 67.8 Å². The summed E-state index contributed by atoms with van der Waals surface area (Å²) in [6.45, 7) is 0.572. The highest BCUT2D eigenvalue weighted by atomic mass is 35.5. The van der Waals surface area contributed by atoms with Crippen molar-refractivity contribution >= 4 is 33.0 Å². The number of hydrogen-bond acceptors (Lipinski definition) is 4. The summed E-state index contributed by atoms with van der Waals surface area (Å²) in [5, 5.41) is 0.552. The number of rotatable bonds is 5. The van der Waals surface area contributed by atoms with Gasteiger partial charge in [0, 0.05) is 28.4 Å². The third-order valence-corrected chi connectivity index (χ3v) is 6.39. The fourth-order valence-electron chi connectivity index (χ4n) is 3.43. The van der Waals surface area contributed by atoms with Gasteiger partial charge in [-0.05, 0) is 48.4 Å².